The number of hydrogen-bond donors (Lipinski definition) is 5. The minimum absolute atomic E-state index is 0.0216. The number of anilines is 2. The SMILES string of the molecule is C[C@H](NC[C@@H](O)[C@H](Cc1ccccc1)NC(=O)c1cc(N)cc(N2CCCCC2=O)c1)C(=O)NC1CCCCC1. The van der Waals surface area contributed by atoms with Crippen LogP contribution in [-0.4, -0.2) is 60.1 Å². The molecule has 2 fully saturated rings. The molecule has 40 heavy (non-hydrogen) atoms. The van der Waals surface area contributed by atoms with Gasteiger partial charge < -0.3 is 31.7 Å². The summed E-state index contributed by atoms with van der Waals surface area (Å²) in [5, 5.41) is 20.4. The zero-order valence-corrected chi connectivity index (χ0v) is 23.4. The summed E-state index contributed by atoms with van der Waals surface area (Å²) in [5.41, 5.74) is 8.41. The van der Waals surface area contributed by atoms with Crippen LogP contribution in [0, 0.1) is 0 Å². The highest BCUT2D eigenvalue weighted by Gasteiger charge is 2.26. The number of amides is 3. The topological polar surface area (TPSA) is 137 Å². The molecule has 0 unspecified atom stereocenters. The molecule has 3 amide bonds. The van der Waals surface area contributed by atoms with Gasteiger partial charge in [0.25, 0.3) is 5.91 Å². The van der Waals surface area contributed by atoms with Crippen molar-refractivity contribution < 1.29 is 19.5 Å². The van der Waals surface area contributed by atoms with E-state index in [2.05, 4.69) is 16.0 Å². The van der Waals surface area contributed by atoms with Crippen LogP contribution in [0.3, 0.4) is 0 Å². The van der Waals surface area contributed by atoms with E-state index in [1.807, 2.05) is 30.3 Å². The molecule has 9 nitrogen and oxygen atoms in total. The summed E-state index contributed by atoms with van der Waals surface area (Å²) in [6, 6.07) is 13.7. The fourth-order valence-corrected chi connectivity index (χ4v) is 5.51. The lowest BCUT2D eigenvalue weighted by Crippen LogP contribution is -2.53. The number of nitrogens with one attached hydrogen (secondary N) is 3. The predicted molar refractivity (Wildman–Crippen MR) is 157 cm³/mol. The van der Waals surface area contributed by atoms with Crippen LogP contribution in [0.25, 0.3) is 0 Å². The Kier molecular flexibility index (Phi) is 10.5. The second kappa shape index (κ2) is 14.3. The summed E-state index contributed by atoms with van der Waals surface area (Å²) in [4.78, 5) is 40.3. The molecule has 2 aliphatic rings. The lowest BCUT2D eigenvalue weighted by molar-refractivity contribution is -0.123. The van der Waals surface area contributed by atoms with Crippen molar-refractivity contribution in [3.8, 4) is 0 Å². The molecule has 0 bridgehead atoms. The van der Waals surface area contributed by atoms with Crippen LogP contribution in [0.1, 0.15) is 74.2 Å². The lowest BCUT2D eigenvalue weighted by atomic mass is 9.95. The molecule has 1 saturated carbocycles. The van der Waals surface area contributed by atoms with E-state index in [1.165, 1.54) is 6.42 Å². The molecule has 1 aliphatic heterocycles. The molecule has 0 radical (unpaired) electrons. The van der Waals surface area contributed by atoms with Crippen molar-refractivity contribution in [3.63, 3.8) is 0 Å². The van der Waals surface area contributed by atoms with Crippen LogP contribution >= 0.6 is 0 Å². The van der Waals surface area contributed by atoms with Gasteiger partial charge in [0.05, 0.1) is 18.2 Å². The van der Waals surface area contributed by atoms with Crippen LogP contribution < -0.4 is 26.6 Å². The van der Waals surface area contributed by atoms with Gasteiger partial charge in [-0.1, -0.05) is 49.6 Å². The quantitative estimate of drug-likeness (QED) is 0.274. The van der Waals surface area contributed by atoms with Gasteiger partial charge in [0.1, 0.15) is 0 Å². The summed E-state index contributed by atoms with van der Waals surface area (Å²) in [6.07, 6.45) is 7.17. The van der Waals surface area contributed by atoms with E-state index in [4.69, 9.17) is 5.73 Å². The molecule has 1 aliphatic carbocycles. The fourth-order valence-electron chi connectivity index (χ4n) is 5.51. The van der Waals surface area contributed by atoms with Crippen molar-refractivity contribution in [1.29, 1.82) is 0 Å². The van der Waals surface area contributed by atoms with Gasteiger partial charge in [0.15, 0.2) is 0 Å². The number of nitrogens with two attached hydrogens (primary N) is 1. The second-order valence-corrected chi connectivity index (χ2v) is 11.1. The Balaban J connectivity index is 1.42. The molecule has 0 spiro atoms. The Morgan fingerprint density at radius 2 is 1.80 bits per heavy atom. The largest absolute Gasteiger partial charge is 0.399 e. The molecule has 1 heterocycles. The molecular weight excluding hydrogens is 506 g/mol. The van der Waals surface area contributed by atoms with Crippen LogP contribution in [0.15, 0.2) is 48.5 Å². The molecule has 4 rings (SSSR count). The summed E-state index contributed by atoms with van der Waals surface area (Å²) < 4.78 is 0. The van der Waals surface area contributed by atoms with Crippen molar-refractivity contribution in [2.45, 2.75) is 88.9 Å². The third kappa shape index (κ3) is 8.29. The highest BCUT2D eigenvalue weighted by Crippen LogP contribution is 2.25. The second-order valence-electron chi connectivity index (χ2n) is 11.1. The number of carbonyl (C=O) groups excluding carboxylic acids is 3. The average Bonchev–Trinajstić information content (AvgIpc) is 2.96. The molecule has 3 atom stereocenters. The first kappa shape index (κ1) is 29.6. The number of nitrogens with zero attached hydrogens (tertiary/aromatic N) is 1. The van der Waals surface area contributed by atoms with Gasteiger partial charge in [-0.25, -0.2) is 0 Å². The number of carbonyl (C=O) groups is 3. The van der Waals surface area contributed by atoms with E-state index >= 15 is 0 Å². The first-order chi connectivity index (χ1) is 19.3. The van der Waals surface area contributed by atoms with Crippen LogP contribution in [0.4, 0.5) is 11.4 Å². The third-order valence-electron chi connectivity index (χ3n) is 7.89. The number of rotatable bonds is 11. The summed E-state index contributed by atoms with van der Waals surface area (Å²) in [7, 11) is 0. The first-order valence-electron chi connectivity index (χ1n) is 14.6. The molecule has 1 saturated heterocycles. The normalized spacial score (nSPS) is 18.6. The maximum Gasteiger partial charge on any atom is 0.251 e. The zero-order valence-electron chi connectivity index (χ0n) is 23.4. The van der Waals surface area contributed by atoms with Gasteiger partial charge in [0, 0.05) is 42.5 Å². The smallest absolute Gasteiger partial charge is 0.251 e. The minimum Gasteiger partial charge on any atom is -0.399 e. The summed E-state index contributed by atoms with van der Waals surface area (Å²) >= 11 is 0. The Morgan fingerprint density at radius 3 is 2.52 bits per heavy atom. The van der Waals surface area contributed by atoms with Gasteiger partial charge in [-0.05, 0) is 62.8 Å². The molecule has 6 N–H and O–H groups in total. The van der Waals surface area contributed by atoms with E-state index in [1.54, 1.807) is 30.0 Å². The van der Waals surface area contributed by atoms with E-state index in [-0.39, 0.29) is 30.3 Å². The molecule has 0 aromatic heterocycles. The van der Waals surface area contributed by atoms with Crippen molar-refractivity contribution in [3.05, 3.63) is 59.7 Å². The number of nitrogen functional groups attached to an aromatic ring is 1. The average molecular weight is 550 g/mol. The zero-order chi connectivity index (χ0) is 28.5. The van der Waals surface area contributed by atoms with Gasteiger partial charge in [-0.2, -0.15) is 0 Å². The molecule has 216 valence electrons. The third-order valence-corrected chi connectivity index (χ3v) is 7.89. The van der Waals surface area contributed by atoms with E-state index in [0.717, 1.165) is 44.1 Å². The number of benzene rings is 2. The number of hydrogen-bond acceptors (Lipinski definition) is 6. The van der Waals surface area contributed by atoms with Crippen LogP contribution in [-0.2, 0) is 16.0 Å². The lowest BCUT2D eigenvalue weighted by Gasteiger charge is -2.28. The first-order valence-corrected chi connectivity index (χ1v) is 14.6. The summed E-state index contributed by atoms with van der Waals surface area (Å²) in [5.74, 6) is -0.448. The molecular formula is C31H43N5O4. The Hall–Kier alpha value is -3.43. The van der Waals surface area contributed by atoms with Crippen molar-refractivity contribution in [1.82, 2.24) is 16.0 Å². The monoisotopic (exact) mass is 549 g/mol. The van der Waals surface area contributed by atoms with Gasteiger partial charge in [0.2, 0.25) is 11.8 Å². The maximum absolute atomic E-state index is 13.4. The highest BCUT2D eigenvalue weighted by atomic mass is 16.3. The number of aliphatic hydroxyl groups excluding tert-OH is 1. The predicted octanol–water partition coefficient (Wildman–Crippen LogP) is 2.91. The molecule has 9 heteroatoms. The van der Waals surface area contributed by atoms with Crippen molar-refractivity contribution in [2.24, 2.45) is 0 Å². The van der Waals surface area contributed by atoms with Gasteiger partial charge in [-0.15, -0.1) is 0 Å². The standard InChI is InChI=1S/C31H43N5O4/c1-21(30(39)34-25-12-6-3-7-13-25)33-20-28(37)27(16-22-10-4-2-5-11-22)35-31(40)23-17-24(32)19-26(18-23)36-15-9-8-14-29(36)38/h2,4-5,10-11,17-19,21,25,27-28,33,37H,3,6-9,12-16,20,32H2,1H3,(H,34,39)(H,35,40)/t21-,27-,28+/m0/s1. The maximum atomic E-state index is 13.4. The van der Waals surface area contributed by atoms with E-state index in [9.17, 15) is 19.5 Å². The van der Waals surface area contributed by atoms with Crippen LogP contribution in [0.2, 0.25) is 0 Å². The molecule has 2 aromatic carbocycles. The Bertz CT molecular complexity index is 1150. The highest BCUT2D eigenvalue weighted by molar-refractivity contribution is 5.99. The van der Waals surface area contributed by atoms with Crippen molar-refractivity contribution >= 4 is 29.1 Å². The van der Waals surface area contributed by atoms with Gasteiger partial charge >= 0.3 is 0 Å². The minimum atomic E-state index is -0.960. The van der Waals surface area contributed by atoms with E-state index in [0.29, 0.717) is 36.3 Å². The van der Waals surface area contributed by atoms with Gasteiger partial charge in [-0.3, -0.25) is 14.4 Å². The molecule has 2 aromatic rings. The Labute approximate surface area is 236 Å². The Morgan fingerprint density at radius 1 is 1.05 bits per heavy atom. The van der Waals surface area contributed by atoms with E-state index < -0.39 is 18.2 Å². The summed E-state index contributed by atoms with van der Waals surface area (Å²) in [6.45, 7) is 2.50. The fraction of sp³-hybridized carbons (Fsp3) is 0.516. The number of aliphatic hydroxyl groups is 1. The number of piperidine rings is 1. The van der Waals surface area contributed by atoms with Crippen LogP contribution in [0.5, 0.6) is 0 Å². The van der Waals surface area contributed by atoms with Crippen molar-refractivity contribution in [2.75, 3.05) is 23.7 Å².